The van der Waals surface area contributed by atoms with Crippen molar-refractivity contribution >= 4 is 28.7 Å². The number of rotatable bonds is 3. The Morgan fingerprint density at radius 3 is 2.65 bits per heavy atom. The first-order valence-corrected chi connectivity index (χ1v) is 7.72. The van der Waals surface area contributed by atoms with Gasteiger partial charge in [-0.2, -0.15) is 0 Å². The van der Waals surface area contributed by atoms with Crippen LogP contribution in [0.3, 0.4) is 0 Å². The maximum Gasteiger partial charge on any atom is 0.509 e. The monoisotopic (exact) mass is 390 g/mol. The summed E-state index contributed by atoms with van der Waals surface area (Å²) in [5.74, 6) is 0. The third kappa shape index (κ3) is 2.77. The van der Waals surface area contributed by atoms with Crippen molar-refractivity contribution in [1.29, 1.82) is 0 Å². The van der Waals surface area contributed by atoms with Crippen molar-refractivity contribution in [3.05, 3.63) is 35.9 Å². The van der Waals surface area contributed by atoms with E-state index in [1.165, 1.54) is 0 Å². The van der Waals surface area contributed by atoms with Gasteiger partial charge in [0.1, 0.15) is 3.92 Å². The molecule has 2 aliphatic rings. The summed E-state index contributed by atoms with van der Waals surface area (Å²) in [4.78, 5) is 11.2. The van der Waals surface area contributed by atoms with Gasteiger partial charge in [-0.05, 0) is 12.5 Å². The average molecular weight is 390 g/mol. The Labute approximate surface area is 130 Å². The number of hydrogen-bond acceptors (Lipinski definition) is 5. The molecule has 2 saturated heterocycles. The van der Waals surface area contributed by atoms with Crippen molar-refractivity contribution in [1.82, 2.24) is 0 Å². The number of hydrogen-bond donors (Lipinski definition) is 0. The Morgan fingerprint density at radius 2 is 1.90 bits per heavy atom. The van der Waals surface area contributed by atoms with Gasteiger partial charge < -0.3 is 18.9 Å². The lowest BCUT2D eigenvalue weighted by Gasteiger charge is -2.37. The maximum absolute atomic E-state index is 11.2. The molecule has 0 radical (unpaired) electrons. The topological polar surface area (TPSA) is 54.0 Å². The van der Waals surface area contributed by atoms with Crippen LogP contribution in [0.1, 0.15) is 12.5 Å². The molecule has 0 bridgehead atoms. The van der Waals surface area contributed by atoms with Crippen LogP contribution in [0.2, 0.25) is 0 Å². The molecule has 1 aromatic rings. The van der Waals surface area contributed by atoms with Crippen LogP contribution >= 0.6 is 22.6 Å². The van der Waals surface area contributed by atoms with Gasteiger partial charge in [0.15, 0.2) is 18.5 Å². The minimum atomic E-state index is -0.624. The van der Waals surface area contributed by atoms with E-state index in [0.717, 1.165) is 5.56 Å². The van der Waals surface area contributed by atoms with Gasteiger partial charge in [-0.1, -0.05) is 52.9 Å². The normalized spacial score (nSPS) is 36.1. The molecule has 0 amide bonds. The number of fused-ring (bicyclic) bond motifs is 1. The molecule has 5 atom stereocenters. The van der Waals surface area contributed by atoms with Crippen LogP contribution in [-0.2, 0) is 25.6 Å². The maximum atomic E-state index is 11.2. The van der Waals surface area contributed by atoms with Crippen LogP contribution in [0.5, 0.6) is 0 Å². The molecule has 0 aromatic heterocycles. The molecule has 3 rings (SSSR count). The van der Waals surface area contributed by atoms with Gasteiger partial charge in [-0.3, -0.25) is 0 Å². The molecular weight excluding hydrogens is 375 g/mol. The van der Waals surface area contributed by atoms with Crippen molar-refractivity contribution in [2.24, 2.45) is 0 Å². The third-order valence-electron chi connectivity index (χ3n) is 3.43. The lowest BCUT2D eigenvalue weighted by molar-refractivity contribution is -0.222. The summed E-state index contributed by atoms with van der Waals surface area (Å²) in [6, 6.07) is 9.88. The average Bonchev–Trinajstić information content (AvgIpc) is 2.85. The van der Waals surface area contributed by atoms with Crippen molar-refractivity contribution < 1.29 is 23.7 Å². The van der Waals surface area contributed by atoms with Crippen molar-refractivity contribution in [2.75, 3.05) is 0 Å². The first kappa shape index (κ1) is 14.1. The van der Waals surface area contributed by atoms with E-state index in [9.17, 15) is 4.79 Å². The highest BCUT2D eigenvalue weighted by Gasteiger charge is 2.52. The molecule has 2 fully saturated rings. The Morgan fingerprint density at radius 1 is 1.20 bits per heavy atom. The number of halogens is 1. The van der Waals surface area contributed by atoms with E-state index >= 15 is 0 Å². The van der Waals surface area contributed by atoms with Crippen molar-refractivity contribution in [3.8, 4) is 0 Å². The van der Waals surface area contributed by atoms with Crippen molar-refractivity contribution in [2.45, 2.75) is 42.1 Å². The molecule has 2 heterocycles. The van der Waals surface area contributed by atoms with Crippen LogP contribution in [0.4, 0.5) is 4.79 Å². The fourth-order valence-corrected chi connectivity index (χ4v) is 3.33. The lowest BCUT2D eigenvalue weighted by atomic mass is 10.0. The first-order chi connectivity index (χ1) is 9.65. The van der Waals surface area contributed by atoms with Crippen molar-refractivity contribution in [3.63, 3.8) is 0 Å². The number of alkyl halides is 1. The second kappa shape index (κ2) is 5.87. The SMILES string of the molecule is C[C@H]1O[C@H](OCc2ccccc2)[C@@H](I)[C@@H]2OC(=O)O[C@@H]21. The summed E-state index contributed by atoms with van der Waals surface area (Å²) >= 11 is 2.19. The van der Waals surface area contributed by atoms with E-state index in [0.29, 0.717) is 6.61 Å². The predicted octanol–water partition coefficient (Wildman–Crippen LogP) is 2.66. The largest absolute Gasteiger partial charge is 0.509 e. The third-order valence-corrected chi connectivity index (χ3v) is 4.73. The zero-order valence-electron chi connectivity index (χ0n) is 10.9. The minimum absolute atomic E-state index is 0.0936. The quantitative estimate of drug-likeness (QED) is 0.451. The zero-order chi connectivity index (χ0) is 14.1. The van der Waals surface area contributed by atoms with E-state index in [1.807, 2.05) is 37.3 Å². The van der Waals surface area contributed by atoms with Gasteiger partial charge in [-0.25, -0.2) is 4.79 Å². The van der Waals surface area contributed by atoms with Crippen LogP contribution < -0.4 is 0 Å². The van der Waals surface area contributed by atoms with E-state index in [-0.39, 0.29) is 22.2 Å². The summed E-state index contributed by atoms with van der Waals surface area (Å²) in [7, 11) is 0. The lowest BCUT2D eigenvalue weighted by Crippen LogP contribution is -2.53. The summed E-state index contributed by atoms with van der Waals surface area (Å²) in [6.07, 6.45) is -1.94. The van der Waals surface area contributed by atoms with Crippen LogP contribution in [-0.4, -0.2) is 34.7 Å². The molecule has 0 N–H and O–H groups in total. The second-order valence-electron chi connectivity index (χ2n) is 4.87. The second-order valence-corrected chi connectivity index (χ2v) is 6.30. The Bertz CT molecular complexity index is 480. The molecule has 2 aliphatic heterocycles. The van der Waals surface area contributed by atoms with Crippen LogP contribution in [0.25, 0.3) is 0 Å². The fourth-order valence-electron chi connectivity index (χ4n) is 2.40. The van der Waals surface area contributed by atoms with Gasteiger partial charge >= 0.3 is 6.16 Å². The van der Waals surface area contributed by atoms with Gasteiger partial charge in [0.2, 0.25) is 0 Å². The standard InChI is InChI=1S/C14H15IO5/c1-8-11-12(20-14(16)19-11)10(15)13(18-8)17-7-9-5-3-2-4-6-9/h2-6,8,10-13H,7H2,1H3/t8-,10+,11-,12+,13+/m1/s1. The fraction of sp³-hybridized carbons (Fsp3) is 0.500. The summed E-state index contributed by atoms with van der Waals surface area (Å²) in [6.45, 7) is 2.32. The number of ether oxygens (including phenoxy) is 4. The molecule has 5 nitrogen and oxygen atoms in total. The number of carbonyl (C=O) groups is 1. The highest BCUT2D eigenvalue weighted by molar-refractivity contribution is 14.1. The summed E-state index contributed by atoms with van der Waals surface area (Å²) in [5, 5.41) is 0. The molecule has 0 unspecified atom stereocenters. The molecule has 0 saturated carbocycles. The van der Waals surface area contributed by atoms with Gasteiger partial charge in [0.05, 0.1) is 12.7 Å². The molecule has 108 valence electrons. The number of benzene rings is 1. The van der Waals surface area contributed by atoms with Crippen LogP contribution in [0, 0.1) is 0 Å². The zero-order valence-corrected chi connectivity index (χ0v) is 13.1. The van der Waals surface area contributed by atoms with E-state index in [1.54, 1.807) is 0 Å². The summed E-state index contributed by atoms with van der Waals surface area (Å²) < 4.78 is 21.8. The molecule has 20 heavy (non-hydrogen) atoms. The highest BCUT2D eigenvalue weighted by atomic mass is 127. The van der Waals surface area contributed by atoms with Gasteiger partial charge in [0, 0.05) is 0 Å². The molecule has 0 spiro atoms. The smallest absolute Gasteiger partial charge is 0.426 e. The molecule has 1 aromatic carbocycles. The molecule has 6 heteroatoms. The molecule has 0 aliphatic carbocycles. The number of carbonyl (C=O) groups excluding carboxylic acids is 1. The molecular formula is C14H15IO5. The Kier molecular flexibility index (Phi) is 4.13. The van der Waals surface area contributed by atoms with Gasteiger partial charge in [-0.15, -0.1) is 0 Å². The van der Waals surface area contributed by atoms with E-state index in [2.05, 4.69) is 22.6 Å². The Hall–Kier alpha value is -0.860. The first-order valence-electron chi connectivity index (χ1n) is 6.47. The van der Waals surface area contributed by atoms with E-state index in [4.69, 9.17) is 18.9 Å². The predicted molar refractivity (Wildman–Crippen MR) is 78.5 cm³/mol. The van der Waals surface area contributed by atoms with Crippen LogP contribution in [0.15, 0.2) is 30.3 Å². The minimum Gasteiger partial charge on any atom is -0.426 e. The van der Waals surface area contributed by atoms with E-state index < -0.39 is 12.4 Å². The Balaban J connectivity index is 1.64. The van der Waals surface area contributed by atoms with Gasteiger partial charge in [0.25, 0.3) is 0 Å². The highest BCUT2D eigenvalue weighted by Crippen LogP contribution is 2.35. The summed E-state index contributed by atoms with van der Waals surface area (Å²) in [5.41, 5.74) is 1.08.